The lowest BCUT2D eigenvalue weighted by Crippen LogP contribution is -2.11. The smallest absolute Gasteiger partial charge is 0.336 e. The second kappa shape index (κ2) is 7.16. The molecule has 1 atom stereocenters. The molecule has 0 amide bonds. The lowest BCUT2D eigenvalue weighted by molar-refractivity contribution is 0.386. The minimum Gasteiger partial charge on any atom is -0.506 e. The van der Waals surface area contributed by atoms with Crippen LogP contribution in [-0.4, -0.2) is 25.0 Å². The van der Waals surface area contributed by atoms with Crippen LogP contribution in [0.1, 0.15) is 34.7 Å². The second-order valence-corrected chi connectivity index (χ2v) is 7.09. The van der Waals surface area contributed by atoms with Crippen LogP contribution in [0.3, 0.4) is 0 Å². The van der Waals surface area contributed by atoms with Gasteiger partial charge in [-0.3, -0.25) is 0 Å². The first-order valence-electron chi connectivity index (χ1n) is 9.24. The minimum atomic E-state index is -0.437. The summed E-state index contributed by atoms with van der Waals surface area (Å²) in [6.45, 7) is 3.64. The fourth-order valence-electron chi connectivity index (χ4n) is 3.87. The molecule has 0 saturated carbocycles. The molecule has 29 heavy (non-hydrogen) atoms. The van der Waals surface area contributed by atoms with E-state index >= 15 is 0 Å². The van der Waals surface area contributed by atoms with Gasteiger partial charge in [0.15, 0.2) is 0 Å². The Bertz CT molecular complexity index is 1200. The number of phenolic OH excluding ortho intramolecular Hbond substituents is 1. The minimum absolute atomic E-state index is 0.0733. The number of phenols is 1. The SMILES string of the molecule is COc1ccc(C2CC(c3c(C)cc4oc(=O)cc(C)c4c3O)=NN2)c(OC)c1. The number of hydrogen-bond donors (Lipinski definition) is 2. The van der Waals surface area contributed by atoms with Crippen LogP contribution in [-0.2, 0) is 0 Å². The highest BCUT2D eigenvalue weighted by Crippen LogP contribution is 2.38. The zero-order valence-electron chi connectivity index (χ0n) is 16.7. The van der Waals surface area contributed by atoms with E-state index in [9.17, 15) is 9.90 Å². The van der Waals surface area contributed by atoms with Crippen molar-refractivity contribution >= 4 is 16.7 Å². The standard InChI is InChI=1S/C22H22N2O5/c1-11-7-18-21(12(2)8-19(25)29-18)22(26)20(11)16-10-15(23-24-16)14-6-5-13(27-3)9-17(14)28-4/h5-9,15,23,26H,10H2,1-4H3. The zero-order chi connectivity index (χ0) is 20.7. The molecular formula is C22H22N2O5. The number of hydrogen-bond acceptors (Lipinski definition) is 7. The van der Waals surface area contributed by atoms with E-state index in [0.717, 1.165) is 16.8 Å². The van der Waals surface area contributed by atoms with Crippen molar-refractivity contribution in [2.24, 2.45) is 5.10 Å². The van der Waals surface area contributed by atoms with E-state index in [0.29, 0.717) is 40.0 Å². The van der Waals surface area contributed by atoms with E-state index < -0.39 is 5.63 Å². The van der Waals surface area contributed by atoms with Crippen molar-refractivity contribution in [3.8, 4) is 17.2 Å². The number of fused-ring (bicyclic) bond motifs is 1. The van der Waals surface area contributed by atoms with E-state index in [1.54, 1.807) is 27.2 Å². The molecule has 1 unspecified atom stereocenters. The van der Waals surface area contributed by atoms with Crippen molar-refractivity contribution in [3.05, 3.63) is 63.0 Å². The molecule has 1 aliphatic heterocycles. The largest absolute Gasteiger partial charge is 0.506 e. The van der Waals surface area contributed by atoms with Gasteiger partial charge >= 0.3 is 5.63 Å². The van der Waals surface area contributed by atoms with Crippen molar-refractivity contribution in [1.82, 2.24) is 5.43 Å². The average molecular weight is 394 g/mol. The molecule has 2 heterocycles. The molecule has 0 spiro atoms. The third-order valence-electron chi connectivity index (χ3n) is 5.26. The molecule has 7 heteroatoms. The summed E-state index contributed by atoms with van der Waals surface area (Å²) in [6, 6.07) is 8.69. The number of aromatic hydroxyl groups is 1. The van der Waals surface area contributed by atoms with Crippen LogP contribution < -0.4 is 20.5 Å². The third kappa shape index (κ3) is 3.18. The highest BCUT2D eigenvalue weighted by atomic mass is 16.5. The van der Waals surface area contributed by atoms with Gasteiger partial charge in [-0.15, -0.1) is 0 Å². The van der Waals surface area contributed by atoms with Crippen molar-refractivity contribution < 1.29 is 19.0 Å². The fourth-order valence-corrected chi connectivity index (χ4v) is 3.87. The summed E-state index contributed by atoms with van der Waals surface area (Å²) in [7, 11) is 3.23. The summed E-state index contributed by atoms with van der Waals surface area (Å²) in [5.74, 6) is 1.49. The molecular weight excluding hydrogens is 372 g/mol. The molecule has 150 valence electrons. The first-order valence-corrected chi connectivity index (χ1v) is 9.24. The normalized spacial score (nSPS) is 15.9. The first kappa shape index (κ1) is 18.9. The fraction of sp³-hybridized carbons (Fsp3) is 0.273. The summed E-state index contributed by atoms with van der Waals surface area (Å²) in [6.07, 6.45) is 0.568. The molecule has 0 aliphatic carbocycles. The Labute approximate surface area is 167 Å². The summed E-state index contributed by atoms with van der Waals surface area (Å²) >= 11 is 0. The highest BCUT2D eigenvalue weighted by molar-refractivity contribution is 6.09. The van der Waals surface area contributed by atoms with Gasteiger partial charge in [0.25, 0.3) is 0 Å². The van der Waals surface area contributed by atoms with Crippen molar-refractivity contribution in [1.29, 1.82) is 0 Å². The Kier molecular flexibility index (Phi) is 4.66. The van der Waals surface area contributed by atoms with Gasteiger partial charge in [-0.2, -0.15) is 5.10 Å². The maximum absolute atomic E-state index is 11.7. The Morgan fingerprint density at radius 1 is 1.14 bits per heavy atom. The second-order valence-electron chi connectivity index (χ2n) is 7.09. The van der Waals surface area contributed by atoms with Crippen molar-refractivity contribution in [2.75, 3.05) is 14.2 Å². The van der Waals surface area contributed by atoms with Crippen LogP contribution in [0, 0.1) is 13.8 Å². The Hall–Kier alpha value is -3.48. The van der Waals surface area contributed by atoms with Crippen LogP contribution in [0.2, 0.25) is 0 Å². The number of ether oxygens (including phenoxy) is 2. The Morgan fingerprint density at radius 3 is 2.66 bits per heavy atom. The summed E-state index contributed by atoms with van der Waals surface area (Å²) in [4.78, 5) is 11.7. The van der Waals surface area contributed by atoms with E-state index in [1.807, 2.05) is 25.1 Å². The number of methoxy groups -OCH3 is 2. The van der Waals surface area contributed by atoms with Gasteiger partial charge in [0.2, 0.25) is 0 Å². The maximum Gasteiger partial charge on any atom is 0.336 e. The molecule has 0 bridgehead atoms. The van der Waals surface area contributed by atoms with Crippen molar-refractivity contribution in [2.45, 2.75) is 26.3 Å². The monoisotopic (exact) mass is 394 g/mol. The number of hydrazone groups is 1. The highest BCUT2D eigenvalue weighted by Gasteiger charge is 2.28. The number of nitrogens with zero attached hydrogens (tertiary/aromatic N) is 1. The molecule has 3 aromatic rings. The molecule has 1 aliphatic rings. The quantitative estimate of drug-likeness (QED) is 0.657. The average Bonchev–Trinajstić information content (AvgIpc) is 3.15. The third-order valence-corrected chi connectivity index (χ3v) is 5.26. The van der Waals surface area contributed by atoms with E-state index in [1.165, 1.54) is 6.07 Å². The predicted octanol–water partition coefficient (Wildman–Crippen LogP) is 3.57. The summed E-state index contributed by atoms with van der Waals surface area (Å²) in [5, 5.41) is 16.0. The van der Waals surface area contributed by atoms with Crippen LogP contribution in [0.5, 0.6) is 17.2 Å². The van der Waals surface area contributed by atoms with Gasteiger partial charge in [-0.05, 0) is 43.2 Å². The zero-order valence-corrected chi connectivity index (χ0v) is 16.7. The van der Waals surface area contributed by atoms with Crippen LogP contribution in [0.4, 0.5) is 0 Å². The molecule has 7 nitrogen and oxygen atoms in total. The predicted molar refractivity (Wildman–Crippen MR) is 110 cm³/mol. The molecule has 1 aromatic heterocycles. The van der Waals surface area contributed by atoms with Crippen molar-refractivity contribution in [3.63, 3.8) is 0 Å². The lowest BCUT2D eigenvalue weighted by Gasteiger charge is -2.16. The van der Waals surface area contributed by atoms with E-state index in [4.69, 9.17) is 13.9 Å². The maximum atomic E-state index is 11.7. The number of benzene rings is 2. The topological polar surface area (TPSA) is 93.3 Å². The summed E-state index contributed by atoms with van der Waals surface area (Å²) < 4.78 is 16.0. The molecule has 2 aromatic carbocycles. The van der Waals surface area contributed by atoms with E-state index in [2.05, 4.69) is 10.5 Å². The molecule has 0 radical (unpaired) electrons. The van der Waals surface area contributed by atoms with Gasteiger partial charge < -0.3 is 24.4 Å². The van der Waals surface area contributed by atoms with E-state index in [-0.39, 0.29) is 11.8 Å². The van der Waals surface area contributed by atoms with Gasteiger partial charge in [-0.25, -0.2) is 4.79 Å². The Morgan fingerprint density at radius 2 is 1.93 bits per heavy atom. The molecule has 2 N–H and O–H groups in total. The van der Waals surface area contributed by atoms with Gasteiger partial charge in [-0.1, -0.05) is 0 Å². The van der Waals surface area contributed by atoms with Crippen LogP contribution in [0.15, 0.2) is 44.6 Å². The Balaban J connectivity index is 1.73. The summed E-state index contributed by atoms with van der Waals surface area (Å²) in [5.41, 5.74) is 6.85. The molecule has 0 fully saturated rings. The van der Waals surface area contributed by atoms with Gasteiger partial charge in [0.1, 0.15) is 22.8 Å². The number of rotatable bonds is 4. The molecule has 0 saturated heterocycles. The van der Waals surface area contributed by atoms with Crippen LogP contribution in [0.25, 0.3) is 11.0 Å². The van der Waals surface area contributed by atoms with Gasteiger partial charge in [0, 0.05) is 29.7 Å². The van der Waals surface area contributed by atoms with Crippen LogP contribution >= 0.6 is 0 Å². The molecule has 4 rings (SSSR count). The number of nitrogens with one attached hydrogen (secondary N) is 1. The first-order chi connectivity index (χ1) is 13.9. The lowest BCUT2D eigenvalue weighted by atomic mass is 9.93. The number of aryl methyl sites for hydroxylation is 2. The van der Waals surface area contributed by atoms with Gasteiger partial charge in [0.05, 0.1) is 31.4 Å².